The predicted octanol–water partition coefficient (Wildman–Crippen LogP) is 4.76. The van der Waals surface area contributed by atoms with Crippen LogP contribution >= 0.6 is 27.7 Å². The van der Waals surface area contributed by atoms with Gasteiger partial charge in [0.1, 0.15) is 11.6 Å². The summed E-state index contributed by atoms with van der Waals surface area (Å²) in [6, 6.07) is 12.6. The van der Waals surface area contributed by atoms with Gasteiger partial charge in [-0.15, -0.1) is 0 Å². The van der Waals surface area contributed by atoms with E-state index in [1.165, 1.54) is 23.4 Å². The molecule has 0 fully saturated rings. The van der Waals surface area contributed by atoms with Crippen LogP contribution in [0.2, 0.25) is 0 Å². The molecule has 1 aromatic heterocycles. The number of benzene rings is 2. The Morgan fingerprint density at radius 2 is 2.03 bits per heavy atom. The SMILES string of the molecule is Cc1ccccc1CSc1nc(=O)c2c(n1C)NC(=O)CC2c1ccc(F)c(Br)c1. The monoisotopic (exact) mass is 487 g/mol. The molecule has 1 atom stereocenters. The Morgan fingerprint density at radius 3 is 2.77 bits per heavy atom. The second-order valence-electron chi connectivity index (χ2n) is 7.21. The number of anilines is 1. The van der Waals surface area contributed by atoms with Crippen LogP contribution in [0, 0.1) is 12.7 Å². The summed E-state index contributed by atoms with van der Waals surface area (Å²) in [6.07, 6.45) is 0.109. The number of hydrogen-bond acceptors (Lipinski definition) is 4. The van der Waals surface area contributed by atoms with E-state index in [4.69, 9.17) is 0 Å². The summed E-state index contributed by atoms with van der Waals surface area (Å²) in [7, 11) is 1.79. The quantitative estimate of drug-likeness (QED) is 0.425. The van der Waals surface area contributed by atoms with Gasteiger partial charge < -0.3 is 9.88 Å². The average molecular weight is 488 g/mol. The maximum absolute atomic E-state index is 13.7. The highest BCUT2D eigenvalue weighted by atomic mass is 79.9. The number of hydrogen-bond donors (Lipinski definition) is 1. The van der Waals surface area contributed by atoms with Crippen LogP contribution in [0.5, 0.6) is 0 Å². The second kappa shape index (κ2) is 8.35. The Kier molecular flexibility index (Phi) is 5.79. The molecule has 4 rings (SSSR count). The molecule has 2 aromatic carbocycles. The van der Waals surface area contributed by atoms with E-state index in [1.54, 1.807) is 23.7 Å². The number of fused-ring (bicyclic) bond motifs is 1. The lowest BCUT2D eigenvalue weighted by molar-refractivity contribution is -0.116. The Morgan fingerprint density at radius 1 is 1.27 bits per heavy atom. The highest BCUT2D eigenvalue weighted by Crippen LogP contribution is 2.37. The van der Waals surface area contributed by atoms with Gasteiger partial charge in [0.2, 0.25) is 5.91 Å². The number of halogens is 2. The van der Waals surface area contributed by atoms with E-state index in [-0.39, 0.29) is 17.9 Å². The van der Waals surface area contributed by atoms with Crippen molar-refractivity contribution in [1.82, 2.24) is 9.55 Å². The van der Waals surface area contributed by atoms with E-state index < -0.39 is 11.7 Å². The zero-order valence-corrected chi connectivity index (χ0v) is 18.8. The van der Waals surface area contributed by atoms with Crippen molar-refractivity contribution in [2.75, 3.05) is 5.32 Å². The molecule has 8 heteroatoms. The first kappa shape index (κ1) is 20.8. The zero-order valence-electron chi connectivity index (χ0n) is 16.4. The summed E-state index contributed by atoms with van der Waals surface area (Å²) in [4.78, 5) is 29.7. The first-order valence-corrected chi connectivity index (χ1v) is 11.2. The van der Waals surface area contributed by atoms with Crippen molar-refractivity contribution in [1.29, 1.82) is 0 Å². The fraction of sp³-hybridized carbons (Fsp3) is 0.227. The van der Waals surface area contributed by atoms with Gasteiger partial charge in [-0.2, -0.15) is 4.98 Å². The minimum Gasteiger partial charge on any atom is -0.312 e. The molecule has 5 nitrogen and oxygen atoms in total. The van der Waals surface area contributed by atoms with Crippen molar-refractivity contribution in [2.24, 2.45) is 7.05 Å². The summed E-state index contributed by atoms with van der Waals surface area (Å²) in [5.41, 5.74) is 3.08. The smallest absolute Gasteiger partial charge is 0.279 e. The van der Waals surface area contributed by atoms with Gasteiger partial charge in [0, 0.05) is 25.1 Å². The maximum Gasteiger partial charge on any atom is 0.279 e. The molecule has 1 amide bonds. The molecule has 1 N–H and O–H groups in total. The first-order chi connectivity index (χ1) is 14.3. The number of carbonyl (C=O) groups excluding carboxylic acids is 1. The molecule has 0 spiro atoms. The molecule has 2 heterocycles. The largest absolute Gasteiger partial charge is 0.312 e. The molecule has 0 saturated heterocycles. The van der Waals surface area contributed by atoms with Gasteiger partial charge in [-0.3, -0.25) is 9.59 Å². The van der Waals surface area contributed by atoms with E-state index in [0.29, 0.717) is 32.3 Å². The van der Waals surface area contributed by atoms with Gasteiger partial charge >= 0.3 is 0 Å². The summed E-state index contributed by atoms with van der Waals surface area (Å²) in [6.45, 7) is 2.04. The Balaban J connectivity index is 1.74. The van der Waals surface area contributed by atoms with Gasteiger partial charge in [-0.25, -0.2) is 4.39 Å². The molecule has 154 valence electrons. The molecule has 1 unspecified atom stereocenters. The number of carbonyl (C=O) groups is 1. The lowest BCUT2D eigenvalue weighted by Crippen LogP contribution is -2.33. The van der Waals surface area contributed by atoms with Crippen LogP contribution in [-0.2, 0) is 17.6 Å². The number of nitrogens with zero attached hydrogens (tertiary/aromatic N) is 2. The Labute approximate surface area is 185 Å². The number of nitrogens with one attached hydrogen (secondary N) is 1. The van der Waals surface area contributed by atoms with Crippen LogP contribution in [0.4, 0.5) is 10.2 Å². The van der Waals surface area contributed by atoms with Gasteiger partial charge in [-0.1, -0.05) is 42.1 Å². The van der Waals surface area contributed by atoms with Gasteiger partial charge in [0.25, 0.3) is 5.56 Å². The maximum atomic E-state index is 13.7. The number of amides is 1. The third-order valence-corrected chi connectivity index (χ3v) is 6.95. The van der Waals surface area contributed by atoms with Crippen molar-refractivity contribution in [3.63, 3.8) is 0 Å². The fourth-order valence-electron chi connectivity index (χ4n) is 3.59. The minimum absolute atomic E-state index is 0.109. The predicted molar refractivity (Wildman–Crippen MR) is 119 cm³/mol. The summed E-state index contributed by atoms with van der Waals surface area (Å²) in [5.74, 6) is 0.0436. The van der Waals surface area contributed by atoms with E-state index in [9.17, 15) is 14.0 Å². The zero-order chi connectivity index (χ0) is 21.4. The van der Waals surface area contributed by atoms with E-state index in [1.807, 2.05) is 31.2 Å². The standard InChI is InChI=1S/C22H19BrFN3O2S/c1-12-5-3-4-6-14(12)11-30-22-26-21(29)19-15(10-18(28)25-20(19)27(22)2)13-7-8-17(24)16(23)9-13/h3-9,15H,10-11H2,1-2H3,(H,25,28). The highest BCUT2D eigenvalue weighted by Gasteiger charge is 2.32. The third kappa shape index (κ3) is 3.94. The number of rotatable bonds is 4. The number of thioether (sulfide) groups is 1. The van der Waals surface area contributed by atoms with Crippen LogP contribution in [-0.4, -0.2) is 15.5 Å². The molecule has 0 aliphatic carbocycles. The number of aromatic nitrogens is 2. The molecular weight excluding hydrogens is 469 g/mol. The number of aryl methyl sites for hydroxylation is 1. The molecule has 0 radical (unpaired) electrons. The van der Waals surface area contributed by atoms with Gasteiger partial charge in [-0.05, 0) is 51.7 Å². The molecule has 1 aliphatic rings. The topological polar surface area (TPSA) is 64.0 Å². The van der Waals surface area contributed by atoms with Crippen molar-refractivity contribution in [2.45, 2.75) is 30.2 Å². The van der Waals surface area contributed by atoms with Crippen LogP contribution in [0.1, 0.15) is 34.6 Å². The lowest BCUT2D eigenvalue weighted by atomic mass is 9.87. The van der Waals surface area contributed by atoms with E-state index in [0.717, 1.165) is 5.56 Å². The molecular formula is C22H19BrFN3O2S. The normalized spacial score (nSPS) is 15.6. The molecule has 0 bridgehead atoms. The lowest BCUT2D eigenvalue weighted by Gasteiger charge is -2.27. The van der Waals surface area contributed by atoms with Gasteiger partial charge in [0.15, 0.2) is 5.16 Å². The first-order valence-electron chi connectivity index (χ1n) is 9.38. The summed E-state index contributed by atoms with van der Waals surface area (Å²) < 4.78 is 15.7. The van der Waals surface area contributed by atoms with Gasteiger partial charge in [0.05, 0.1) is 10.0 Å². The van der Waals surface area contributed by atoms with Crippen LogP contribution in [0.25, 0.3) is 0 Å². The van der Waals surface area contributed by atoms with E-state index in [2.05, 4.69) is 26.2 Å². The van der Waals surface area contributed by atoms with Crippen molar-refractivity contribution in [3.8, 4) is 0 Å². The van der Waals surface area contributed by atoms with Crippen molar-refractivity contribution in [3.05, 3.63) is 85.4 Å². The fourth-order valence-corrected chi connectivity index (χ4v) is 5.03. The van der Waals surface area contributed by atoms with Crippen molar-refractivity contribution < 1.29 is 9.18 Å². The average Bonchev–Trinajstić information content (AvgIpc) is 2.72. The Bertz CT molecular complexity index is 1210. The van der Waals surface area contributed by atoms with Crippen LogP contribution in [0.3, 0.4) is 0 Å². The highest BCUT2D eigenvalue weighted by molar-refractivity contribution is 9.10. The summed E-state index contributed by atoms with van der Waals surface area (Å²) in [5, 5.41) is 3.36. The van der Waals surface area contributed by atoms with Crippen LogP contribution in [0.15, 0.2) is 56.9 Å². The Hall–Kier alpha value is -2.45. The minimum atomic E-state index is -0.479. The van der Waals surface area contributed by atoms with E-state index >= 15 is 0 Å². The summed E-state index contributed by atoms with van der Waals surface area (Å²) >= 11 is 4.63. The second-order valence-corrected chi connectivity index (χ2v) is 9.01. The van der Waals surface area contributed by atoms with Crippen LogP contribution < -0.4 is 10.9 Å². The molecule has 1 aliphatic heterocycles. The molecule has 3 aromatic rings. The molecule has 0 saturated carbocycles. The molecule has 30 heavy (non-hydrogen) atoms. The van der Waals surface area contributed by atoms with Crippen molar-refractivity contribution >= 4 is 39.4 Å². The third-order valence-electron chi connectivity index (χ3n) is 5.26.